The Kier molecular flexibility index (Phi) is 5.26. The van der Waals surface area contributed by atoms with Crippen molar-refractivity contribution in [3.63, 3.8) is 0 Å². The number of hydrogen-bond acceptors (Lipinski definition) is 3. The normalized spacial score (nSPS) is 13.8. The molecule has 0 bridgehead atoms. The van der Waals surface area contributed by atoms with Gasteiger partial charge in [-0.3, -0.25) is 0 Å². The van der Waals surface area contributed by atoms with Gasteiger partial charge in [-0.05, 0) is 34.6 Å². The Balaban J connectivity index is 1.70. The number of ether oxygens (including phenoxy) is 1. The summed E-state index contributed by atoms with van der Waals surface area (Å²) in [4.78, 5) is 23.4. The Morgan fingerprint density at radius 2 is 1.65 bits per heavy atom. The number of fused-ring (bicyclic) bond motifs is 3. The Morgan fingerprint density at radius 3 is 2.15 bits per heavy atom. The van der Waals surface area contributed by atoms with Crippen molar-refractivity contribution in [2.24, 2.45) is 5.92 Å². The molecule has 2 N–H and O–H groups in total. The van der Waals surface area contributed by atoms with Gasteiger partial charge in [-0.2, -0.15) is 0 Å². The summed E-state index contributed by atoms with van der Waals surface area (Å²) >= 11 is 0. The minimum atomic E-state index is -1.05. The molecule has 0 heterocycles. The summed E-state index contributed by atoms with van der Waals surface area (Å²) in [6.45, 7) is 4.00. The lowest BCUT2D eigenvalue weighted by Crippen LogP contribution is -2.42. The summed E-state index contributed by atoms with van der Waals surface area (Å²) < 4.78 is 5.39. The fourth-order valence-electron chi connectivity index (χ4n) is 3.48. The van der Waals surface area contributed by atoms with E-state index < -0.39 is 18.1 Å². The van der Waals surface area contributed by atoms with Crippen LogP contribution in [0.1, 0.15) is 37.3 Å². The molecule has 2 aromatic carbocycles. The molecule has 0 saturated carbocycles. The van der Waals surface area contributed by atoms with Gasteiger partial charge in [-0.1, -0.05) is 62.4 Å². The van der Waals surface area contributed by atoms with Crippen molar-refractivity contribution in [1.82, 2.24) is 5.32 Å². The molecule has 0 saturated heterocycles. The first-order valence-corrected chi connectivity index (χ1v) is 8.81. The number of rotatable bonds is 6. The van der Waals surface area contributed by atoms with Crippen LogP contribution in [0.15, 0.2) is 48.5 Å². The van der Waals surface area contributed by atoms with Gasteiger partial charge in [0, 0.05) is 5.92 Å². The highest BCUT2D eigenvalue weighted by Gasteiger charge is 2.29. The number of aliphatic carboxylic acids is 1. The van der Waals surface area contributed by atoms with E-state index in [9.17, 15) is 14.7 Å². The monoisotopic (exact) mass is 354 g/mol. The number of amides is 1. The van der Waals surface area contributed by atoms with Crippen LogP contribution in [0, 0.1) is 5.92 Å². The van der Waals surface area contributed by atoms with Gasteiger partial charge >= 0.3 is 12.1 Å². The van der Waals surface area contributed by atoms with E-state index in [2.05, 4.69) is 17.4 Å². The molecule has 1 aliphatic carbocycles. The maximum absolute atomic E-state index is 12.1. The minimum absolute atomic E-state index is 0.0403. The van der Waals surface area contributed by atoms with Gasteiger partial charge in [0.25, 0.3) is 0 Å². The summed E-state index contributed by atoms with van der Waals surface area (Å²) in [6.07, 6.45) is -0.334. The first-order chi connectivity index (χ1) is 12.5. The van der Waals surface area contributed by atoms with Gasteiger partial charge in [0.05, 0.1) is 0 Å². The molecule has 0 spiro atoms. The number of carboxylic acids is 1. The summed E-state index contributed by atoms with van der Waals surface area (Å²) in [5, 5.41) is 11.7. The van der Waals surface area contributed by atoms with Gasteiger partial charge in [0.15, 0.2) is 0 Å². The Labute approximate surface area is 153 Å². The molecule has 0 aliphatic heterocycles. The van der Waals surface area contributed by atoms with E-state index in [0.717, 1.165) is 22.3 Å². The number of benzene rings is 2. The number of carbonyl (C=O) groups is 2. The molecule has 0 fully saturated rings. The summed E-state index contributed by atoms with van der Waals surface area (Å²) in [5.74, 6) is -0.932. The average Bonchev–Trinajstić information content (AvgIpc) is 2.93. The van der Waals surface area contributed by atoms with Crippen molar-refractivity contribution in [3.05, 3.63) is 59.7 Å². The van der Waals surface area contributed by atoms with Gasteiger partial charge < -0.3 is 15.2 Å². The zero-order valence-corrected chi connectivity index (χ0v) is 14.9. The van der Waals surface area contributed by atoms with Crippen molar-refractivity contribution in [2.75, 3.05) is 6.61 Å². The highest BCUT2D eigenvalue weighted by Crippen LogP contribution is 2.44. The molecule has 1 amide bonds. The smallest absolute Gasteiger partial charge is 0.407 e. The maximum Gasteiger partial charge on any atom is 0.407 e. The van der Waals surface area contributed by atoms with Gasteiger partial charge in [-0.25, -0.2) is 9.59 Å². The molecule has 2 aromatic rings. The van der Waals surface area contributed by atoms with Crippen LogP contribution in [0.5, 0.6) is 0 Å². The average molecular weight is 354 g/mol. The zero-order chi connectivity index (χ0) is 18.7. The van der Waals surface area contributed by atoms with Crippen LogP contribution in [0.2, 0.25) is 0 Å². The minimum Gasteiger partial charge on any atom is -0.480 e. The molecule has 5 nitrogen and oxygen atoms in total. The topological polar surface area (TPSA) is 75.6 Å². The quantitative estimate of drug-likeness (QED) is 0.821. The molecular formula is C21H23NO4. The lowest BCUT2D eigenvalue weighted by molar-refractivity contribution is -0.139. The number of alkyl carbamates (subject to hydrolysis) is 1. The molecule has 136 valence electrons. The molecule has 0 unspecified atom stereocenters. The van der Waals surface area contributed by atoms with Gasteiger partial charge in [-0.15, -0.1) is 0 Å². The van der Waals surface area contributed by atoms with Crippen LogP contribution in [0.3, 0.4) is 0 Å². The van der Waals surface area contributed by atoms with E-state index in [0.29, 0.717) is 6.42 Å². The van der Waals surface area contributed by atoms with E-state index in [1.807, 2.05) is 50.2 Å². The molecule has 0 aromatic heterocycles. The fourth-order valence-corrected chi connectivity index (χ4v) is 3.48. The zero-order valence-electron chi connectivity index (χ0n) is 14.9. The molecule has 1 aliphatic rings. The molecule has 3 rings (SSSR count). The van der Waals surface area contributed by atoms with E-state index in [-0.39, 0.29) is 18.4 Å². The van der Waals surface area contributed by atoms with E-state index in [1.165, 1.54) is 0 Å². The number of hydrogen-bond donors (Lipinski definition) is 2. The second kappa shape index (κ2) is 7.60. The Hall–Kier alpha value is -2.82. The first-order valence-electron chi connectivity index (χ1n) is 8.81. The second-order valence-corrected chi connectivity index (χ2v) is 6.99. The lowest BCUT2D eigenvalue weighted by atomic mass is 9.98. The molecular weight excluding hydrogens is 331 g/mol. The summed E-state index contributed by atoms with van der Waals surface area (Å²) in [6, 6.07) is 15.2. The van der Waals surface area contributed by atoms with Crippen molar-refractivity contribution in [1.29, 1.82) is 0 Å². The van der Waals surface area contributed by atoms with Crippen LogP contribution in [0.4, 0.5) is 4.79 Å². The third-order valence-electron chi connectivity index (χ3n) is 4.64. The largest absolute Gasteiger partial charge is 0.480 e. The Morgan fingerprint density at radius 1 is 1.12 bits per heavy atom. The van der Waals surface area contributed by atoms with Crippen LogP contribution in [0.25, 0.3) is 11.1 Å². The van der Waals surface area contributed by atoms with Gasteiger partial charge in [0.2, 0.25) is 0 Å². The molecule has 0 radical (unpaired) electrons. The molecule has 5 heteroatoms. The molecule has 26 heavy (non-hydrogen) atoms. The Bertz CT molecular complexity index is 770. The van der Waals surface area contributed by atoms with E-state index >= 15 is 0 Å². The van der Waals surface area contributed by atoms with Crippen LogP contribution >= 0.6 is 0 Å². The fraction of sp³-hybridized carbons (Fsp3) is 0.333. The van der Waals surface area contributed by atoms with Crippen molar-refractivity contribution in [3.8, 4) is 11.1 Å². The lowest BCUT2D eigenvalue weighted by Gasteiger charge is -2.18. The highest BCUT2D eigenvalue weighted by molar-refractivity contribution is 5.81. The van der Waals surface area contributed by atoms with E-state index in [4.69, 9.17) is 4.74 Å². The maximum atomic E-state index is 12.1. The van der Waals surface area contributed by atoms with Gasteiger partial charge in [0.1, 0.15) is 12.6 Å². The number of carboxylic acid groups (broad SMARTS) is 1. The predicted molar refractivity (Wildman–Crippen MR) is 99.1 cm³/mol. The second-order valence-electron chi connectivity index (χ2n) is 6.99. The van der Waals surface area contributed by atoms with Crippen molar-refractivity contribution in [2.45, 2.75) is 32.2 Å². The number of carbonyl (C=O) groups excluding carboxylic acids is 1. The standard InChI is InChI=1S/C21H23NO4/c1-13(2)11-19(20(23)24)22-21(25)26-12-18-16-9-5-3-7-14(16)15-8-4-6-10-17(15)18/h3-10,13,18-19H,11-12H2,1-2H3,(H,22,25)(H,23,24)/t19-/m0/s1/i23+1. The summed E-state index contributed by atoms with van der Waals surface area (Å²) in [7, 11) is 0. The van der Waals surface area contributed by atoms with E-state index in [1.54, 1.807) is 0 Å². The highest BCUT2D eigenvalue weighted by atomic mass is 17.1. The first kappa shape index (κ1) is 18.0. The van der Waals surface area contributed by atoms with Crippen molar-refractivity contribution >= 4 is 12.1 Å². The van der Waals surface area contributed by atoms with Crippen LogP contribution in [-0.4, -0.2) is 29.8 Å². The summed E-state index contributed by atoms with van der Waals surface area (Å²) in [5.41, 5.74) is 4.55. The third kappa shape index (κ3) is 3.72. The number of nitrogens with one attached hydrogen (secondary N) is 1. The van der Waals surface area contributed by atoms with Crippen molar-refractivity contribution < 1.29 is 19.4 Å². The predicted octanol–water partition coefficient (Wildman–Crippen LogP) is 4.02. The SMILES string of the molecule is CC(C)C[C@H](NC(=O)OCC1c2ccccc2-c2ccccc21)C(O)=[17O]. The van der Waals surface area contributed by atoms with Crippen LogP contribution in [-0.2, 0) is 9.53 Å². The third-order valence-corrected chi connectivity index (χ3v) is 4.64. The van der Waals surface area contributed by atoms with Crippen LogP contribution < -0.4 is 5.32 Å². The molecule has 1 atom stereocenters.